The van der Waals surface area contributed by atoms with Gasteiger partial charge in [0.05, 0.1) is 6.20 Å². The molecule has 0 saturated carbocycles. The van der Waals surface area contributed by atoms with Gasteiger partial charge in [0.2, 0.25) is 0 Å². The van der Waals surface area contributed by atoms with Gasteiger partial charge < -0.3 is 5.11 Å². The van der Waals surface area contributed by atoms with Crippen molar-refractivity contribution in [3.63, 3.8) is 0 Å². The molecule has 1 atom stereocenters. The van der Waals surface area contributed by atoms with E-state index in [2.05, 4.69) is 5.10 Å². The third-order valence-electron chi connectivity index (χ3n) is 2.36. The SMILES string of the molecule is Cn1cc(CC(C)(O)c2cccs2)cn1. The van der Waals surface area contributed by atoms with E-state index < -0.39 is 5.60 Å². The molecule has 0 spiro atoms. The minimum absolute atomic E-state index is 0.599. The van der Waals surface area contributed by atoms with Gasteiger partial charge in [-0.15, -0.1) is 11.3 Å². The average molecular weight is 222 g/mol. The molecule has 0 bridgehead atoms. The van der Waals surface area contributed by atoms with E-state index in [1.165, 1.54) is 0 Å². The first kappa shape index (κ1) is 10.4. The number of hydrogen-bond acceptors (Lipinski definition) is 3. The van der Waals surface area contributed by atoms with Crippen LogP contribution < -0.4 is 0 Å². The fraction of sp³-hybridized carbons (Fsp3) is 0.364. The van der Waals surface area contributed by atoms with Crippen molar-refractivity contribution in [3.05, 3.63) is 40.3 Å². The van der Waals surface area contributed by atoms with E-state index in [9.17, 15) is 5.11 Å². The Bertz CT molecular complexity index is 431. The first-order valence-corrected chi connectivity index (χ1v) is 5.70. The summed E-state index contributed by atoms with van der Waals surface area (Å²) in [6.07, 6.45) is 4.32. The standard InChI is InChI=1S/C11H14N2OS/c1-11(14,10-4-3-5-15-10)6-9-7-12-13(2)8-9/h3-5,7-8,14H,6H2,1-2H3. The van der Waals surface area contributed by atoms with Crippen LogP contribution in [0.2, 0.25) is 0 Å². The Balaban J connectivity index is 2.18. The zero-order valence-corrected chi connectivity index (χ0v) is 9.66. The van der Waals surface area contributed by atoms with Crippen LogP contribution in [0, 0.1) is 0 Å². The number of aromatic nitrogens is 2. The number of aryl methyl sites for hydroxylation is 1. The predicted octanol–water partition coefficient (Wildman–Crippen LogP) is 1.93. The van der Waals surface area contributed by atoms with Crippen LogP contribution in [0.5, 0.6) is 0 Å². The van der Waals surface area contributed by atoms with Gasteiger partial charge in [0.25, 0.3) is 0 Å². The van der Waals surface area contributed by atoms with E-state index in [-0.39, 0.29) is 0 Å². The maximum Gasteiger partial charge on any atom is 0.100 e. The van der Waals surface area contributed by atoms with Gasteiger partial charge in [-0.2, -0.15) is 5.10 Å². The molecule has 0 aliphatic rings. The molecule has 1 unspecified atom stereocenters. The van der Waals surface area contributed by atoms with Crippen molar-refractivity contribution in [1.82, 2.24) is 9.78 Å². The zero-order chi connectivity index (χ0) is 10.9. The van der Waals surface area contributed by atoms with Gasteiger partial charge in [-0.1, -0.05) is 6.07 Å². The monoisotopic (exact) mass is 222 g/mol. The van der Waals surface area contributed by atoms with Crippen molar-refractivity contribution >= 4 is 11.3 Å². The Morgan fingerprint density at radius 2 is 2.40 bits per heavy atom. The van der Waals surface area contributed by atoms with Crippen molar-refractivity contribution < 1.29 is 5.11 Å². The van der Waals surface area contributed by atoms with Gasteiger partial charge in [-0.3, -0.25) is 4.68 Å². The molecule has 2 aromatic heterocycles. The van der Waals surface area contributed by atoms with Crippen LogP contribution in [0.3, 0.4) is 0 Å². The third kappa shape index (κ3) is 2.27. The summed E-state index contributed by atoms with van der Waals surface area (Å²) in [5.41, 5.74) is 0.257. The molecule has 80 valence electrons. The van der Waals surface area contributed by atoms with E-state index in [0.717, 1.165) is 10.4 Å². The van der Waals surface area contributed by atoms with E-state index in [1.807, 2.05) is 37.7 Å². The van der Waals surface area contributed by atoms with Crippen molar-refractivity contribution in [3.8, 4) is 0 Å². The molecule has 4 heteroatoms. The van der Waals surface area contributed by atoms with Crippen LogP contribution in [-0.4, -0.2) is 14.9 Å². The summed E-state index contributed by atoms with van der Waals surface area (Å²) in [5.74, 6) is 0. The predicted molar refractivity (Wildman–Crippen MR) is 60.8 cm³/mol. The quantitative estimate of drug-likeness (QED) is 0.861. The highest BCUT2D eigenvalue weighted by molar-refractivity contribution is 7.10. The lowest BCUT2D eigenvalue weighted by atomic mass is 9.97. The highest BCUT2D eigenvalue weighted by atomic mass is 32.1. The van der Waals surface area contributed by atoms with Crippen LogP contribution >= 0.6 is 11.3 Å². The maximum atomic E-state index is 10.3. The highest BCUT2D eigenvalue weighted by Gasteiger charge is 2.24. The van der Waals surface area contributed by atoms with Gasteiger partial charge in [0.1, 0.15) is 5.60 Å². The fourth-order valence-corrected chi connectivity index (χ4v) is 2.42. The smallest absolute Gasteiger partial charge is 0.100 e. The topological polar surface area (TPSA) is 38.0 Å². The lowest BCUT2D eigenvalue weighted by molar-refractivity contribution is 0.0615. The van der Waals surface area contributed by atoms with Crippen LogP contribution in [0.25, 0.3) is 0 Å². The molecule has 0 fully saturated rings. The zero-order valence-electron chi connectivity index (χ0n) is 8.84. The van der Waals surface area contributed by atoms with Gasteiger partial charge in [0.15, 0.2) is 0 Å². The van der Waals surface area contributed by atoms with E-state index >= 15 is 0 Å². The van der Waals surface area contributed by atoms with E-state index in [1.54, 1.807) is 22.2 Å². The van der Waals surface area contributed by atoms with Crippen LogP contribution in [0.15, 0.2) is 29.9 Å². The Kier molecular flexibility index (Phi) is 2.63. The molecule has 0 amide bonds. The van der Waals surface area contributed by atoms with Crippen molar-refractivity contribution in [2.24, 2.45) is 7.05 Å². The molecule has 0 saturated heterocycles. The minimum atomic E-state index is -0.794. The summed E-state index contributed by atoms with van der Waals surface area (Å²) in [6, 6.07) is 3.92. The van der Waals surface area contributed by atoms with Gasteiger partial charge in [-0.05, 0) is 23.9 Å². The molecule has 0 aliphatic carbocycles. The molecule has 0 aliphatic heterocycles. The maximum absolute atomic E-state index is 10.3. The van der Waals surface area contributed by atoms with Gasteiger partial charge in [-0.25, -0.2) is 0 Å². The summed E-state index contributed by atoms with van der Waals surface area (Å²) in [4.78, 5) is 0.992. The summed E-state index contributed by atoms with van der Waals surface area (Å²) in [7, 11) is 1.88. The minimum Gasteiger partial charge on any atom is -0.384 e. The Morgan fingerprint density at radius 3 is 2.93 bits per heavy atom. The molecule has 3 nitrogen and oxygen atoms in total. The summed E-state index contributed by atoms with van der Waals surface area (Å²) in [5, 5.41) is 16.4. The number of hydrogen-bond donors (Lipinski definition) is 1. The van der Waals surface area contributed by atoms with Crippen molar-refractivity contribution in [2.75, 3.05) is 0 Å². The van der Waals surface area contributed by atoms with Crippen molar-refractivity contribution in [1.29, 1.82) is 0 Å². The summed E-state index contributed by atoms with van der Waals surface area (Å²) < 4.78 is 1.75. The molecule has 15 heavy (non-hydrogen) atoms. The number of rotatable bonds is 3. The average Bonchev–Trinajstić information content (AvgIpc) is 2.75. The largest absolute Gasteiger partial charge is 0.384 e. The van der Waals surface area contributed by atoms with Crippen molar-refractivity contribution in [2.45, 2.75) is 18.9 Å². The molecule has 2 rings (SSSR count). The first-order valence-electron chi connectivity index (χ1n) is 4.82. The van der Waals surface area contributed by atoms with Crippen LogP contribution in [0.1, 0.15) is 17.4 Å². The van der Waals surface area contributed by atoms with E-state index in [0.29, 0.717) is 6.42 Å². The van der Waals surface area contributed by atoms with E-state index in [4.69, 9.17) is 0 Å². The Hall–Kier alpha value is -1.13. The molecule has 1 N–H and O–H groups in total. The number of nitrogens with zero attached hydrogens (tertiary/aromatic N) is 2. The van der Waals surface area contributed by atoms with Crippen LogP contribution in [-0.2, 0) is 19.1 Å². The van der Waals surface area contributed by atoms with Gasteiger partial charge >= 0.3 is 0 Å². The lowest BCUT2D eigenvalue weighted by Crippen LogP contribution is -2.22. The molecule has 0 radical (unpaired) electrons. The number of thiophene rings is 1. The second-order valence-electron chi connectivity index (χ2n) is 3.95. The first-order chi connectivity index (χ1) is 7.08. The second kappa shape index (κ2) is 3.79. The summed E-state index contributed by atoms with van der Waals surface area (Å²) >= 11 is 1.58. The molecular weight excluding hydrogens is 208 g/mol. The number of aliphatic hydroxyl groups is 1. The molecular formula is C11H14N2OS. The molecule has 0 aromatic carbocycles. The normalized spacial score (nSPS) is 15.1. The summed E-state index contributed by atoms with van der Waals surface area (Å²) in [6.45, 7) is 1.84. The second-order valence-corrected chi connectivity index (χ2v) is 4.90. The fourth-order valence-electron chi connectivity index (χ4n) is 1.63. The van der Waals surface area contributed by atoms with Gasteiger partial charge in [0, 0.05) is 24.5 Å². The lowest BCUT2D eigenvalue weighted by Gasteiger charge is -2.20. The van der Waals surface area contributed by atoms with Crippen LogP contribution in [0.4, 0.5) is 0 Å². The molecule has 2 aromatic rings. The Labute approximate surface area is 93.0 Å². The highest BCUT2D eigenvalue weighted by Crippen LogP contribution is 2.28. The molecule has 2 heterocycles. The Morgan fingerprint density at radius 1 is 1.60 bits per heavy atom. The third-order valence-corrected chi connectivity index (χ3v) is 3.48.